The fourth-order valence-corrected chi connectivity index (χ4v) is 3.86. The minimum Gasteiger partial charge on any atom is -0.492 e. The van der Waals surface area contributed by atoms with Crippen LogP contribution in [0.4, 0.5) is 10.3 Å². The highest BCUT2D eigenvalue weighted by atomic mass is 31.1. The van der Waals surface area contributed by atoms with Gasteiger partial charge in [0.2, 0.25) is 11.8 Å². The zero-order chi connectivity index (χ0) is 16.4. The summed E-state index contributed by atoms with van der Waals surface area (Å²) in [5.41, 5.74) is 3.69. The van der Waals surface area contributed by atoms with Gasteiger partial charge in [0.05, 0.1) is 12.9 Å². The Bertz CT molecular complexity index is 813. The molecule has 0 spiro atoms. The molecule has 3 N–H and O–H groups in total. The van der Waals surface area contributed by atoms with E-state index in [9.17, 15) is 9.67 Å². The molecule has 0 amide bonds. The van der Waals surface area contributed by atoms with Crippen LogP contribution in [-0.4, -0.2) is 49.1 Å². The number of aromatic hydroxyl groups is 1. The van der Waals surface area contributed by atoms with Crippen LogP contribution in [0, 0.1) is 0 Å². The predicted molar refractivity (Wildman–Crippen MR) is 74.6 cm³/mol. The van der Waals surface area contributed by atoms with Gasteiger partial charge >= 0.3 is 8.25 Å². The molecule has 1 unspecified atom stereocenters. The molecule has 2 aromatic rings. The lowest BCUT2D eigenvalue weighted by Gasteiger charge is -2.29. The van der Waals surface area contributed by atoms with Gasteiger partial charge in [0.15, 0.2) is 23.1 Å². The Labute approximate surface area is 129 Å². The second-order valence-corrected chi connectivity index (χ2v) is 6.53. The monoisotopic (exact) mass is 345 g/mol. The Kier molecular flexibility index (Phi) is 3.11. The highest BCUT2D eigenvalue weighted by molar-refractivity contribution is 7.33. The summed E-state index contributed by atoms with van der Waals surface area (Å²) in [4.78, 5) is 11.5. The molecule has 124 valence electrons. The van der Waals surface area contributed by atoms with Crippen LogP contribution in [0.1, 0.15) is 13.2 Å². The quantitative estimate of drug-likeness (QED) is 0.710. The maximum absolute atomic E-state index is 15.3. The number of nitrogen functional groups attached to an aromatic ring is 1. The average molecular weight is 345 g/mol. The summed E-state index contributed by atoms with van der Waals surface area (Å²) < 4.78 is 43.6. The molecule has 0 radical (unpaired) electrons. The second-order valence-electron chi connectivity index (χ2n) is 5.51. The van der Waals surface area contributed by atoms with Crippen LogP contribution in [0.3, 0.4) is 0 Å². The van der Waals surface area contributed by atoms with Crippen LogP contribution in [0.2, 0.25) is 0 Å². The van der Waals surface area contributed by atoms with Crippen LogP contribution in [-0.2, 0) is 18.3 Å². The van der Waals surface area contributed by atoms with Crippen molar-refractivity contribution < 1.29 is 27.8 Å². The van der Waals surface area contributed by atoms with Crippen molar-refractivity contribution in [3.63, 3.8) is 0 Å². The van der Waals surface area contributed by atoms with Gasteiger partial charge in [-0.25, -0.2) is 9.37 Å². The van der Waals surface area contributed by atoms with Crippen LogP contribution in [0.15, 0.2) is 6.33 Å². The summed E-state index contributed by atoms with van der Waals surface area (Å²) in [6.45, 7) is 1.24. The topological polar surface area (TPSA) is 135 Å². The first-order valence-corrected chi connectivity index (χ1v) is 7.97. The Balaban J connectivity index is 1.80. The van der Waals surface area contributed by atoms with Gasteiger partial charge in [0.25, 0.3) is 0 Å². The summed E-state index contributed by atoms with van der Waals surface area (Å²) in [5.74, 6) is -0.593. The van der Waals surface area contributed by atoms with E-state index in [4.69, 9.17) is 19.5 Å². The molecule has 4 heterocycles. The van der Waals surface area contributed by atoms with E-state index in [1.807, 2.05) is 0 Å². The third-order valence-corrected chi connectivity index (χ3v) is 4.79. The number of anilines is 1. The van der Waals surface area contributed by atoms with Gasteiger partial charge in [-0.15, -0.1) is 0 Å². The van der Waals surface area contributed by atoms with Crippen molar-refractivity contribution in [1.82, 2.24) is 19.5 Å². The summed E-state index contributed by atoms with van der Waals surface area (Å²) >= 11 is 0. The highest BCUT2D eigenvalue weighted by Gasteiger charge is 2.59. The maximum atomic E-state index is 15.3. The van der Waals surface area contributed by atoms with Crippen LogP contribution in [0.5, 0.6) is 5.88 Å². The summed E-state index contributed by atoms with van der Waals surface area (Å²) in [7, 11) is -2.74. The van der Waals surface area contributed by atoms with Crippen LogP contribution < -0.4 is 5.73 Å². The fourth-order valence-electron chi connectivity index (χ4n) is 2.91. The van der Waals surface area contributed by atoms with Crippen molar-refractivity contribution >= 4 is 25.4 Å². The molecule has 23 heavy (non-hydrogen) atoms. The number of imidazole rings is 1. The minimum atomic E-state index is -2.74. The van der Waals surface area contributed by atoms with Gasteiger partial charge in [-0.2, -0.15) is 9.97 Å². The Morgan fingerprint density at radius 1 is 1.57 bits per heavy atom. The third-order valence-electron chi connectivity index (χ3n) is 3.94. The number of aromatic nitrogens is 4. The molecule has 10 nitrogen and oxygen atoms in total. The van der Waals surface area contributed by atoms with Gasteiger partial charge in [-0.05, 0) is 6.92 Å². The van der Waals surface area contributed by atoms with E-state index >= 15 is 4.39 Å². The first-order chi connectivity index (χ1) is 10.9. The number of nitrogens with two attached hydrogens (primary N) is 1. The average Bonchev–Trinajstić information content (AvgIpc) is 2.99. The molecule has 12 heteroatoms. The Morgan fingerprint density at radius 2 is 2.35 bits per heavy atom. The summed E-state index contributed by atoms with van der Waals surface area (Å²) in [6, 6.07) is 0. The molecule has 0 aliphatic carbocycles. The van der Waals surface area contributed by atoms with Crippen molar-refractivity contribution in [2.45, 2.75) is 31.0 Å². The maximum Gasteiger partial charge on any atom is 0.319 e. The second kappa shape index (κ2) is 4.84. The van der Waals surface area contributed by atoms with Crippen molar-refractivity contribution in [2.75, 3.05) is 12.3 Å². The predicted octanol–water partition coefficient (Wildman–Crippen LogP) is 0.545. The first kappa shape index (κ1) is 14.8. The van der Waals surface area contributed by atoms with Crippen LogP contribution >= 0.6 is 8.25 Å². The number of rotatable bonds is 1. The lowest BCUT2D eigenvalue weighted by atomic mass is 9.98. The zero-order valence-corrected chi connectivity index (χ0v) is 12.8. The zero-order valence-electron chi connectivity index (χ0n) is 11.8. The largest absolute Gasteiger partial charge is 0.492 e. The molecule has 0 aromatic carbocycles. The summed E-state index contributed by atoms with van der Waals surface area (Å²) in [6.07, 6.45) is -1.66. The van der Waals surface area contributed by atoms with Gasteiger partial charge in [0, 0.05) is 0 Å². The fraction of sp³-hybridized carbons (Fsp3) is 0.545. The number of hydrogen-bond acceptors (Lipinski definition) is 9. The van der Waals surface area contributed by atoms with E-state index in [-0.39, 0.29) is 23.7 Å². The van der Waals surface area contributed by atoms with Crippen molar-refractivity contribution in [3.8, 4) is 5.88 Å². The molecule has 0 saturated carbocycles. The van der Waals surface area contributed by atoms with Crippen molar-refractivity contribution in [3.05, 3.63) is 6.33 Å². The van der Waals surface area contributed by atoms with E-state index in [1.165, 1.54) is 17.8 Å². The van der Waals surface area contributed by atoms with Crippen LogP contribution in [0.25, 0.3) is 11.2 Å². The van der Waals surface area contributed by atoms with E-state index in [1.54, 1.807) is 0 Å². The summed E-state index contributed by atoms with van der Waals surface area (Å²) in [5, 5.41) is 9.76. The number of ether oxygens (including phenoxy) is 1. The van der Waals surface area contributed by atoms with Gasteiger partial charge < -0.3 is 24.6 Å². The Hall–Kier alpha value is -1.81. The number of alkyl halides is 1. The molecule has 0 bridgehead atoms. The number of hydrogen-bond donors (Lipinski definition) is 2. The van der Waals surface area contributed by atoms with Crippen molar-refractivity contribution in [2.24, 2.45) is 0 Å². The molecular formula is C11H13FN5O5P. The van der Waals surface area contributed by atoms with Crippen molar-refractivity contribution in [1.29, 1.82) is 0 Å². The SMILES string of the molecule is C[C@@]1(F)[C@@H]2O[PH](=O)OC[C@H]2O[C@H]1n1cnc2c(O)nc(N)nc21. The lowest BCUT2D eigenvalue weighted by molar-refractivity contribution is -0.0576. The molecule has 5 atom stereocenters. The Morgan fingerprint density at radius 3 is 3.13 bits per heavy atom. The minimum absolute atomic E-state index is 0.0343. The molecule has 2 aromatic heterocycles. The molecule has 2 aliphatic rings. The lowest BCUT2D eigenvalue weighted by Crippen LogP contribution is -2.43. The number of nitrogens with zero attached hydrogens (tertiary/aromatic N) is 4. The van der Waals surface area contributed by atoms with E-state index in [0.29, 0.717) is 0 Å². The van der Waals surface area contributed by atoms with Gasteiger partial charge in [-0.3, -0.25) is 9.13 Å². The molecular weight excluding hydrogens is 332 g/mol. The molecule has 4 rings (SSSR count). The van der Waals surface area contributed by atoms with Gasteiger partial charge in [-0.1, -0.05) is 0 Å². The smallest absolute Gasteiger partial charge is 0.319 e. The highest BCUT2D eigenvalue weighted by Crippen LogP contribution is 2.50. The van der Waals surface area contributed by atoms with E-state index < -0.39 is 38.2 Å². The first-order valence-electron chi connectivity index (χ1n) is 6.74. The molecule has 2 fully saturated rings. The molecule has 2 saturated heterocycles. The number of halogens is 1. The standard InChI is InChI=1S/C11H13FN5O5P/c1-11(12)6-4(2-20-23(19)22-6)21-9(11)17-3-14-5-7(17)15-10(13)16-8(5)18/h3-4,6,9,23H,2H2,1H3,(H3,13,15,16,18)/t4-,6-,9-,11-/m1/s1. The van der Waals surface area contributed by atoms with E-state index in [0.717, 1.165) is 0 Å². The molecule has 2 aliphatic heterocycles. The van der Waals surface area contributed by atoms with E-state index in [2.05, 4.69) is 15.0 Å². The number of fused-ring (bicyclic) bond motifs is 2. The van der Waals surface area contributed by atoms with Gasteiger partial charge in [0.1, 0.15) is 12.2 Å². The third kappa shape index (κ3) is 2.12. The normalized spacial score (nSPS) is 37.1.